The summed E-state index contributed by atoms with van der Waals surface area (Å²) in [5.41, 5.74) is 10.7. The highest BCUT2D eigenvalue weighted by atomic mass is 35.5. The van der Waals surface area contributed by atoms with Crippen molar-refractivity contribution in [2.24, 2.45) is 11.7 Å². The van der Waals surface area contributed by atoms with Crippen LogP contribution in [0.1, 0.15) is 6.42 Å². The van der Waals surface area contributed by atoms with E-state index in [1.54, 1.807) is 0 Å². The van der Waals surface area contributed by atoms with E-state index in [0.29, 0.717) is 25.5 Å². The number of primary amides is 1. The highest BCUT2D eigenvalue weighted by Crippen LogP contribution is 2.21. The molecule has 16 heavy (non-hydrogen) atoms. The van der Waals surface area contributed by atoms with Crippen molar-refractivity contribution in [1.29, 1.82) is 0 Å². The first kappa shape index (κ1) is 10.9. The van der Waals surface area contributed by atoms with Gasteiger partial charge in [-0.25, -0.2) is 0 Å². The zero-order valence-corrected chi connectivity index (χ0v) is 9.18. The summed E-state index contributed by atoms with van der Waals surface area (Å²) >= 11 is 5.67. The zero-order chi connectivity index (χ0) is 11.7. The summed E-state index contributed by atoms with van der Waals surface area (Å²) in [4.78, 5) is 24.4. The Morgan fingerprint density at radius 3 is 2.75 bits per heavy atom. The Morgan fingerprint density at radius 1 is 1.44 bits per heavy atom. The third kappa shape index (κ3) is 2.13. The Kier molecular flexibility index (Phi) is 2.78. The molecule has 1 aliphatic heterocycles. The first-order valence-electron chi connectivity index (χ1n) is 4.77. The van der Waals surface area contributed by atoms with Gasteiger partial charge in [0.05, 0.1) is 5.92 Å². The molecule has 4 N–H and O–H groups in total. The lowest BCUT2D eigenvalue weighted by molar-refractivity contribution is -0.121. The predicted molar refractivity (Wildman–Crippen MR) is 58.8 cm³/mol. The maximum atomic E-state index is 11.0. The van der Waals surface area contributed by atoms with Gasteiger partial charge in [0.1, 0.15) is 0 Å². The first-order valence-corrected chi connectivity index (χ1v) is 5.15. The van der Waals surface area contributed by atoms with Crippen molar-refractivity contribution in [1.82, 2.24) is 15.0 Å². The standard InChI is InChI=1S/C8H11ClN6O/c9-6-12-7(11)14-8(13-6)15-2-1-4(3-15)5(10)16/h4H,1-3H2,(H2,10,16)(H2,11,12,13,14). The van der Waals surface area contributed by atoms with Crippen LogP contribution < -0.4 is 16.4 Å². The molecule has 0 saturated carbocycles. The van der Waals surface area contributed by atoms with Crippen molar-refractivity contribution in [3.05, 3.63) is 5.28 Å². The molecule has 2 heterocycles. The van der Waals surface area contributed by atoms with E-state index >= 15 is 0 Å². The number of carbonyl (C=O) groups is 1. The van der Waals surface area contributed by atoms with Crippen LogP contribution in [0.2, 0.25) is 5.28 Å². The normalized spacial score (nSPS) is 20.1. The van der Waals surface area contributed by atoms with E-state index in [0.717, 1.165) is 0 Å². The van der Waals surface area contributed by atoms with Gasteiger partial charge in [-0.05, 0) is 18.0 Å². The number of nitrogens with zero attached hydrogens (tertiary/aromatic N) is 4. The molecule has 86 valence electrons. The maximum absolute atomic E-state index is 11.0. The van der Waals surface area contributed by atoms with Crippen molar-refractivity contribution in [3.8, 4) is 0 Å². The van der Waals surface area contributed by atoms with Crippen LogP contribution in [-0.2, 0) is 4.79 Å². The highest BCUT2D eigenvalue weighted by molar-refractivity contribution is 6.28. The van der Waals surface area contributed by atoms with Crippen LogP contribution in [0.25, 0.3) is 0 Å². The van der Waals surface area contributed by atoms with Gasteiger partial charge in [0.15, 0.2) is 0 Å². The van der Waals surface area contributed by atoms with Crippen LogP contribution in [0.15, 0.2) is 0 Å². The average Bonchev–Trinajstić information content (AvgIpc) is 2.64. The summed E-state index contributed by atoms with van der Waals surface area (Å²) in [5, 5.41) is 0.0463. The molecule has 1 amide bonds. The van der Waals surface area contributed by atoms with Gasteiger partial charge < -0.3 is 16.4 Å². The number of rotatable bonds is 2. The molecule has 7 nitrogen and oxygen atoms in total. The number of anilines is 2. The number of hydrogen-bond acceptors (Lipinski definition) is 6. The second-order valence-corrected chi connectivity index (χ2v) is 3.93. The Balaban J connectivity index is 2.17. The van der Waals surface area contributed by atoms with Crippen molar-refractivity contribution >= 4 is 29.4 Å². The first-order chi connectivity index (χ1) is 7.56. The Morgan fingerprint density at radius 2 is 2.19 bits per heavy atom. The van der Waals surface area contributed by atoms with Gasteiger partial charge in [-0.15, -0.1) is 0 Å². The Labute approximate surface area is 96.8 Å². The van der Waals surface area contributed by atoms with Gasteiger partial charge in [0, 0.05) is 13.1 Å². The molecule has 0 aromatic carbocycles. The van der Waals surface area contributed by atoms with Crippen molar-refractivity contribution in [2.75, 3.05) is 23.7 Å². The molecular weight excluding hydrogens is 232 g/mol. The molecule has 0 bridgehead atoms. The number of carbonyl (C=O) groups excluding carboxylic acids is 1. The topological polar surface area (TPSA) is 111 Å². The predicted octanol–water partition coefficient (Wildman–Crippen LogP) is -0.581. The fourth-order valence-electron chi connectivity index (χ4n) is 1.67. The summed E-state index contributed by atoms with van der Waals surface area (Å²) in [6, 6.07) is 0. The fraction of sp³-hybridized carbons (Fsp3) is 0.500. The van der Waals surface area contributed by atoms with Crippen LogP contribution in [0, 0.1) is 5.92 Å². The van der Waals surface area contributed by atoms with E-state index in [1.165, 1.54) is 0 Å². The minimum absolute atomic E-state index is 0.0463. The molecule has 0 radical (unpaired) electrons. The average molecular weight is 243 g/mol. The number of halogens is 1. The van der Waals surface area contributed by atoms with E-state index in [1.807, 2.05) is 4.90 Å². The van der Waals surface area contributed by atoms with Gasteiger partial charge in [-0.2, -0.15) is 15.0 Å². The molecule has 1 aliphatic rings. The molecule has 1 aromatic heterocycles. The van der Waals surface area contributed by atoms with E-state index in [9.17, 15) is 4.79 Å². The lowest BCUT2D eigenvalue weighted by Gasteiger charge is -2.15. The van der Waals surface area contributed by atoms with E-state index in [2.05, 4.69) is 15.0 Å². The van der Waals surface area contributed by atoms with Gasteiger partial charge >= 0.3 is 0 Å². The highest BCUT2D eigenvalue weighted by Gasteiger charge is 2.28. The molecular formula is C8H11ClN6O. The van der Waals surface area contributed by atoms with Crippen LogP contribution >= 0.6 is 11.6 Å². The summed E-state index contributed by atoms with van der Waals surface area (Å²) in [5.74, 6) is -0.0221. The molecule has 8 heteroatoms. The lowest BCUT2D eigenvalue weighted by atomic mass is 10.1. The number of nitrogen functional groups attached to an aromatic ring is 1. The fourth-order valence-corrected chi connectivity index (χ4v) is 1.83. The quantitative estimate of drug-likeness (QED) is 0.718. The van der Waals surface area contributed by atoms with Crippen molar-refractivity contribution in [3.63, 3.8) is 0 Å². The molecule has 1 atom stereocenters. The Bertz CT molecular complexity index is 405. The van der Waals surface area contributed by atoms with E-state index in [-0.39, 0.29) is 23.1 Å². The largest absolute Gasteiger partial charge is 0.369 e. The van der Waals surface area contributed by atoms with Crippen LogP contribution in [0.4, 0.5) is 11.9 Å². The molecule has 1 unspecified atom stereocenters. The molecule has 0 spiro atoms. The molecule has 1 aromatic rings. The maximum Gasteiger partial charge on any atom is 0.231 e. The van der Waals surface area contributed by atoms with Crippen molar-refractivity contribution < 1.29 is 4.79 Å². The van der Waals surface area contributed by atoms with E-state index < -0.39 is 0 Å². The summed E-state index contributed by atoms with van der Waals surface area (Å²) < 4.78 is 0. The Hall–Kier alpha value is -1.63. The zero-order valence-electron chi connectivity index (χ0n) is 8.43. The summed E-state index contributed by atoms with van der Waals surface area (Å²) in [6.45, 7) is 1.16. The van der Waals surface area contributed by atoms with Gasteiger partial charge in [0.25, 0.3) is 0 Å². The third-order valence-electron chi connectivity index (χ3n) is 2.49. The number of amides is 1. The lowest BCUT2D eigenvalue weighted by Crippen LogP contribution is -2.28. The molecule has 0 aliphatic carbocycles. The monoisotopic (exact) mass is 242 g/mol. The van der Waals surface area contributed by atoms with Gasteiger partial charge in [0.2, 0.25) is 23.1 Å². The van der Waals surface area contributed by atoms with Crippen LogP contribution in [0.3, 0.4) is 0 Å². The SMILES string of the molecule is NC(=O)C1CCN(c2nc(N)nc(Cl)n2)C1. The summed E-state index contributed by atoms with van der Waals surface area (Å²) in [6.07, 6.45) is 0.693. The minimum Gasteiger partial charge on any atom is -0.369 e. The molecule has 2 rings (SSSR count). The second kappa shape index (κ2) is 4.09. The van der Waals surface area contributed by atoms with Crippen LogP contribution in [0.5, 0.6) is 0 Å². The van der Waals surface area contributed by atoms with Gasteiger partial charge in [-0.3, -0.25) is 4.79 Å². The minimum atomic E-state index is -0.310. The summed E-state index contributed by atoms with van der Waals surface area (Å²) in [7, 11) is 0. The van der Waals surface area contributed by atoms with E-state index in [4.69, 9.17) is 23.1 Å². The number of hydrogen-bond donors (Lipinski definition) is 2. The number of aromatic nitrogens is 3. The second-order valence-electron chi connectivity index (χ2n) is 3.60. The molecule has 1 saturated heterocycles. The van der Waals surface area contributed by atoms with Crippen molar-refractivity contribution in [2.45, 2.75) is 6.42 Å². The van der Waals surface area contributed by atoms with Crippen LogP contribution in [-0.4, -0.2) is 33.9 Å². The molecule has 1 fully saturated rings. The number of nitrogens with two attached hydrogens (primary N) is 2. The van der Waals surface area contributed by atoms with Gasteiger partial charge in [-0.1, -0.05) is 0 Å². The smallest absolute Gasteiger partial charge is 0.231 e. The third-order valence-corrected chi connectivity index (χ3v) is 2.66.